The lowest BCUT2D eigenvalue weighted by atomic mass is 10.1. The lowest BCUT2D eigenvalue weighted by Crippen LogP contribution is -2.12. The Morgan fingerprint density at radius 3 is 2.40 bits per heavy atom. The van der Waals surface area contributed by atoms with Gasteiger partial charge in [0, 0.05) is 16.6 Å². The predicted octanol–water partition coefficient (Wildman–Crippen LogP) is 4.15. The number of nitrogens with one attached hydrogen (secondary N) is 1. The largest absolute Gasteiger partial charge is 0.495 e. The van der Waals surface area contributed by atoms with Crippen LogP contribution in [0.1, 0.15) is 11.7 Å². The van der Waals surface area contributed by atoms with E-state index >= 15 is 0 Å². The SMILES string of the molecule is COc1ccc(Cl)cc1NCC(O)c1ccc(Cl)cc1. The molecule has 0 aliphatic heterocycles. The standard InChI is InChI=1S/C15H15Cl2NO2/c1-20-15-7-6-12(17)8-13(15)18-9-14(19)10-2-4-11(16)5-3-10/h2-8,14,18-19H,9H2,1H3. The zero-order valence-electron chi connectivity index (χ0n) is 10.9. The summed E-state index contributed by atoms with van der Waals surface area (Å²) in [6, 6.07) is 12.4. The molecule has 1 unspecified atom stereocenters. The van der Waals surface area contributed by atoms with Gasteiger partial charge in [-0.15, -0.1) is 0 Å². The molecule has 2 aromatic rings. The number of rotatable bonds is 5. The molecule has 5 heteroatoms. The molecule has 0 spiro atoms. The topological polar surface area (TPSA) is 41.5 Å². The smallest absolute Gasteiger partial charge is 0.142 e. The third kappa shape index (κ3) is 3.79. The maximum Gasteiger partial charge on any atom is 0.142 e. The van der Waals surface area contributed by atoms with Crippen molar-refractivity contribution in [2.45, 2.75) is 6.10 Å². The Balaban J connectivity index is 2.04. The Hall–Kier alpha value is -1.42. The van der Waals surface area contributed by atoms with Gasteiger partial charge in [0.15, 0.2) is 0 Å². The van der Waals surface area contributed by atoms with Gasteiger partial charge in [-0.1, -0.05) is 35.3 Å². The molecule has 0 radical (unpaired) electrons. The molecule has 0 amide bonds. The maximum atomic E-state index is 10.1. The van der Waals surface area contributed by atoms with E-state index in [9.17, 15) is 5.11 Å². The first kappa shape index (κ1) is 15.0. The Kier molecular flexibility index (Phi) is 5.12. The lowest BCUT2D eigenvalue weighted by molar-refractivity contribution is 0.191. The molecule has 0 aliphatic rings. The summed E-state index contributed by atoms with van der Waals surface area (Å²) in [5.74, 6) is 0.678. The molecule has 0 aromatic heterocycles. The molecule has 0 bridgehead atoms. The van der Waals surface area contributed by atoms with Gasteiger partial charge in [-0.05, 0) is 35.9 Å². The number of anilines is 1. The van der Waals surface area contributed by atoms with Crippen LogP contribution in [0, 0.1) is 0 Å². The van der Waals surface area contributed by atoms with Gasteiger partial charge in [0.2, 0.25) is 0 Å². The minimum Gasteiger partial charge on any atom is -0.495 e. The van der Waals surface area contributed by atoms with E-state index in [0.29, 0.717) is 22.3 Å². The van der Waals surface area contributed by atoms with Gasteiger partial charge in [-0.25, -0.2) is 0 Å². The molecular formula is C15H15Cl2NO2. The highest BCUT2D eigenvalue weighted by Gasteiger charge is 2.09. The fourth-order valence-corrected chi connectivity index (χ4v) is 2.13. The van der Waals surface area contributed by atoms with E-state index in [4.69, 9.17) is 27.9 Å². The van der Waals surface area contributed by atoms with Gasteiger partial charge in [0.25, 0.3) is 0 Å². The summed E-state index contributed by atoms with van der Waals surface area (Å²) in [6.07, 6.45) is -0.643. The van der Waals surface area contributed by atoms with Crippen LogP contribution in [0.4, 0.5) is 5.69 Å². The Morgan fingerprint density at radius 2 is 1.75 bits per heavy atom. The van der Waals surface area contributed by atoms with Crippen molar-refractivity contribution in [3.63, 3.8) is 0 Å². The summed E-state index contributed by atoms with van der Waals surface area (Å²) >= 11 is 11.8. The number of halogens is 2. The van der Waals surface area contributed by atoms with Crippen LogP contribution in [-0.4, -0.2) is 18.8 Å². The molecule has 2 aromatic carbocycles. The number of hydrogen-bond acceptors (Lipinski definition) is 3. The van der Waals surface area contributed by atoms with E-state index in [-0.39, 0.29) is 0 Å². The lowest BCUT2D eigenvalue weighted by Gasteiger charge is -2.15. The third-order valence-corrected chi connectivity index (χ3v) is 3.39. The second kappa shape index (κ2) is 6.84. The van der Waals surface area contributed by atoms with Crippen LogP contribution in [0.3, 0.4) is 0 Å². The van der Waals surface area contributed by atoms with E-state index in [0.717, 1.165) is 11.3 Å². The molecule has 20 heavy (non-hydrogen) atoms. The highest BCUT2D eigenvalue weighted by molar-refractivity contribution is 6.31. The van der Waals surface area contributed by atoms with Gasteiger partial charge >= 0.3 is 0 Å². The van der Waals surface area contributed by atoms with E-state index in [1.54, 1.807) is 49.6 Å². The van der Waals surface area contributed by atoms with E-state index in [1.165, 1.54) is 0 Å². The van der Waals surface area contributed by atoms with Crippen LogP contribution < -0.4 is 10.1 Å². The zero-order valence-corrected chi connectivity index (χ0v) is 12.4. The average molecular weight is 312 g/mol. The van der Waals surface area contributed by atoms with Crippen LogP contribution >= 0.6 is 23.2 Å². The van der Waals surface area contributed by atoms with E-state index in [1.807, 2.05) is 0 Å². The number of ether oxygens (including phenoxy) is 1. The monoisotopic (exact) mass is 311 g/mol. The zero-order chi connectivity index (χ0) is 14.5. The normalized spacial score (nSPS) is 12.0. The molecule has 1 atom stereocenters. The molecule has 3 nitrogen and oxygen atoms in total. The highest BCUT2D eigenvalue weighted by atomic mass is 35.5. The van der Waals surface area contributed by atoms with Crippen LogP contribution in [0.25, 0.3) is 0 Å². The Labute approximate surface area is 128 Å². The Bertz CT molecular complexity index is 573. The van der Waals surface area contributed by atoms with E-state index < -0.39 is 6.10 Å². The first-order valence-electron chi connectivity index (χ1n) is 6.11. The van der Waals surface area contributed by atoms with Crippen molar-refractivity contribution in [2.75, 3.05) is 19.0 Å². The fourth-order valence-electron chi connectivity index (χ4n) is 1.83. The van der Waals surface area contributed by atoms with Crippen LogP contribution in [-0.2, 0) is 0 Å². The second-order valence-electron chi connectivity index (χ2n) is 4.29. The molecule has 0 saturated heterocycles. The number of aliphatic hydroxyl groups is 1. The van der Waals surface area contributed by atoms with Gasteiger partial charge in [0.05, 0.1) is 18.9 Å². The minimum absolute atomic E-state index is 0.346. The van der Waals surface area contributed by atoms with Crippen LogP contribution in [0.5, 0.6) is 5.75 Å². The third-order valence-electron chi connectivity index (χ3n) is 2.90. The quantitative estimate of drug-likeness (QED) is 0.871. The first-order chi connectivity index (χ1) is 9.60. The number of methoxy groups -OCH3 is 1. The van der Waals surface area contributed by atoms with Crippen molar-refractivity contribution in [1.82, 2.24) is 0 Å². The molecule has 2 N–H and O–H groups in total. The number of aliphatic hydroxyl groups excluding tert-OH is 1. The van der Waals surface area contributed by atoms with Crippen LogP contribution in [0.2, 0.25) is 10.0 Å². The molecular weight excluding hydrogens is 297 g/mol. The summed E-state index contributed by atoms with van der Waals surface area (Å²) in [7, 11) is 1.59. The molecule has 2 rings (SSSR count). The van der Waals surface area contributed by atoms with E-state index in [2.05, 4.69) is 5.32 Å². The van der Waals surface area contributed by atoms with Gasteiger partial charge in [0.1, 0.15) is 5.75 Å². The summed E-state index contributed by atoms with van der Waals surface area (Å²) in [5, 5.41) is 14.5. The van der Waals surface area contributed by atoms with Crippen molar-refractivity contribution < 1.29 is 9.84 Å². The second-order valence-corrected chi connectivity index (χ2v) is 5.17. The van der Waals surface area contributed by atoms with Crippen molar-refractivity contribution in [3.05, 3.63) is 58.1 Å². The van der Waals surface area contributed by atoms with Crippen molar-refractivity contribution in [2.24, 2.45) is 0 Å². The van der Waals surface area contributed by atoms with Crippen molar-refractivity contribution in [3.8, 4) is 5.75 Å². The summed E-state index contributed by atoms with van der Waals surface area (Å²) in [6.45, 7) is 0.346. The maximum absolute atomic E-state index is 10.1. The van der Waals surface area contributed by atoms with Gasteiger partial charge in [-0.3, -0.25) is 0 Å². The Morgan fingerprint density at radius 1 is 1.10 bits per heavy atom. The first-order valence-corrected chi connectivity index (χ1v) is 6.86. The molecule has 0 heterocycles. The summed E-state index contributed by atoms with van der Waals surface area (Å²) < 4.78 is 5.23. The molecule has 0 fully saturated rings. The van der Waals surface area contributed by atoms with Crippen molar-refractivity contribution in [1.29, 1.82) is 0 Å². The molecule has 106 valence electrons. The number of benzene rings is 2. The minimum atomic E-state index is -0.643. The molecule has 0 aliphatic carbocycles. The summed E-state index contributed by atoms with van der Waals surface area (Å²) in [4.78, 5) is 0. The van der Waals surface area contributed by atoms with Crippen molar-refractivity contribution >= 4 is 28.9 Å². The van der Waals surface area contributed by atoms with Gasteiger partial charge < -0.3 is 15.2 Å². The molecule has 0 saturated carbocycles. The average Bonchev–Trinajstić information content (AvgIpc) is 2.45. The number of hydrogen-bond donors (Lipinski definition) is 2. The summed E-state index contributed by atoms with van der Waals surface area (Å²) in [5.41, 5.74) is 1.54. The fraction of sp³-hybridized carbons (Fsp3) is 0.200. The predicted molar refractivity (Wildman–Crippen MR) is 82.9 cm³/mol. The van der Waals surface area contributed by atoms with Gasteiger partial charge in [-0.2, -0.15) is 0 Å². The van der Waals surface area contributed by atoms with Crippen LogP contribution in [0.15, 0.2) is 42.5 Å². The highest BCUT2D eigenvalue weighted by Crippen LogP contribution is 2.28.